The lowest BCUT2D eigenvalue weighted by Crippen LogP contribution is -1.92. The van der Waals surface area contributed by atoms with Crippen LogP contribution in [-0.4, -0.2) is 19.7 Å². The van der Waals surface area contributed by atoms with Gasteiger partial charge in [-0.2, -0.15) is 5.10 Å². The van der Waals surface area contributed by atoms with Crippen molar-refractivity contribution in [2.75, 3.05) is 0 Å². The number of aryl methyl sites for hydroxylation is 1. The first-order valence-corrected chi connectivity index (χ1v) is 4.67. The monoisotopic (exact) mass is 186 g/mol. The summed E-state index contributed by atoms with van der Waals surface area (Å²) in [6.07, 6.45) is 3.81. The fourth-order valence-corrected chi connectivity index (χ4v) is 1.73. The summed E-state index contributed by atoms with van der Waals surface area (Å²) in [6, 6.07) is 4.16. The number of hydrogen-bond donors (Lipinski definition) is 1. The summed E-state index contributed by atoms with van der Waals surface area (Å²) in [5, 5.41) is 8.04. The molecule has 0 spiro atoms. The second kappa shape index (κ2) is 2.57. The third-order valence-electron chi connectivity index (χ3n) is 2.48. The molecule has 0 aliphatic rings. The number of hydrogen-bond acceptors (Lipinski definition) is 2. The Kier molecular flexibility index (Phi) is 1.39. The van der Waals surface area contributed by atoms with Gasteiger partial charge in [-0.05, 0) is 19.1 Å². The predicted octanol–water partition coefficient (Wildman–Crippen LogP) is 1.93. The van der Waals surface area contributed by atoms with E-state index in [9.17, 15) is 0 Å². The van der Waals surface area contributed by atoms with Gasteiger partial charge in [0.15, 0.2) is 0 Å². The number of aromatic amines is 1. The van der Waals surface area contributed by atoms with Crippen LogP contribution in [0.25, 0.3) is 22.1 Å². The normalized spacial score (nSPS) is 11.5. The molecule has 0 bridgehead atoms. The molecule has 0 radical (unpaired) electrons. The molecular weight excluding hydrogens is 176 g/mol. The second-order valence-electron chi connectivity index (χ2n) is 3.31. The quantitative estimate of drug-likeness (QED) is 0.631. The van der Waals surface area contributed by atoms with Crippen LogP contribution in [0.15, 0.2) is 24.5 Å². The Hall–Kier alpha value is -1.84. The second-order valence-corrected chi connectivity index (χ2v) is 3.31. The molecule has 1 N–H and O–H groups in total. The van der Waals surface area contributed by atoms with Crippen molar-refractivity contribution in [2.45, 2.75) is 13.5 Å². The molecule has 0 aliphatic carbocycles. The van der Waals surface area contributed by atoms with E-state index in [1.807, 2.05) is 0 Å². The molecule has 0 amide bonds. The Morgan fingerprint density at radius 3 is 3.29 bits per heavy atom. The number of pyridine rings is 1. The van der Waals surface area contributed by atoms with E-state index in [1.54, 1.807) is 6.20 Å². The molecule has 0 unspecified atom stereocenters. The highest BCUT2D eigenvalue weighted by atomic mass is 15.1. The van der Waals surface area contributed by atoms with E-state index < -0.39 is 0 Å². The summed E-state index contributed by atoms with van der Waals surface area (Å²) in [6.45, 7) is 3.06. The number of nitrogens with one attached hydrogen (secondary N) is 1. The largest absolute Gasteiger partial charge is 0.333 e. The minimum Gasteiger partial charge on any atom is -0.333 e. The third kappa shape index (κ3) is 0.878. The van der Waals surface area contributed by atoms with Crippen LogP contribution in [0.3, 0.4) is 0 Å². The maximum atomic E-state index is 4.54. The molecule has 14 heavy (non-hydrogen) atoms. The van der Waals surface area contributed by atoms with Gasteiger partial charge in [0.25, 0.3) is 0 Å². The van der Waals surface area contributed by atoms with Gasteiger partial charge >= 0.3 is 0 Å². The number of fused-ring (bicyclic) bond motifs is 2. The van der Waals surface area contributed by atoms with Gasteiger partial charge < -0.3 is 4.57 Å². The van der Waals surface area contributed by atoms with E-state index in [1.165, 1.54) is 0 Å². The van der Waals surface area contributed by atoms with Crippen molar-refractivity contribution in [2.24, 2.45) is 0 Å². The van der Waals surface area contributed by atoms with E-state index in [0.717, 1.165) is 28.6 Å². The van der Waals surface area contributed by atoms with Crippen molar-refractivity contribution in [1.82, 2.24) is 19.7 Å². The minimum atomic E-state index is 0.922. The van der Waals surface area contributed by atoms with Crippen molar-refractivity contribution in [1.29, 1.82) is 0 Å². The van der Waals surface area contributed by atoms with Gasteiger partial charge in [0.2, 0.25) is 0 Å². The highest BCUT2D eigenvalue weighted by molar-refractivity contribution is 5.89. The molecule has 0 saturated carbocycles. The van der Waals surface area contributed by atoms with Gasteiger partial charge in [-0.1, -0.05) is 0 Å². The first-order valence-electron chi connectivity index (χ1n) is 4.67. The van der Waals surface area contributed by atoms with Crippen molar-refractivity contribution >= 4 is 22.1 Å². The Morgan fingerprint density at radius 2 is 2.43 bits per heavy atom. The molecule has 0 atom stereocenters. The zero-order valence-corrected chi connectivity index (χ0v) is 7.86. The molecule has 3 rings (SSSR count). The fourth-order valence-electron chi connectivity index (χ4n) is 1.73. The molecule has 4 nitrogen and oxygen atoms in total. The summed E-state index contributed by atoms with van der Waals surface area (Å²) in [4.78, 5) is 4.54. The van der Waals surface area contributed by atoms with Crippen LogP contribution in [0.5, 0.6) is 0 Å². The SMILES string of the molecule is CCn1ccc2cc3[nH]ncc3nc21. The average molecular weight is 186 g/mol. The van der Waals surface area contributed by atoms with Gasteiger partial charge in [0, 0.05) is 18.1 Å². The number of rotatable bonds is 1. The topological polar surface area (TPSA) is 46.5 Å². The summed E-state index contributed by atoms with van der Waals surface area (Å²) < 4.78 is 2.13. The minimum absolute atomic E-state index is 0.922. The van der Waals surface area contributed by atoms with Crippen LogP contribution in [-0.2, 0) is 6.54 Å². The summed E-state index contributed by atoms with van der Waals surface area (Å²) in [5.74, 6) is 0. The molecule has 0 aromatic carbocycles. The molecule has 0 saturated heterocycles. The predicted molar refractivity (Wildman–Crippen MR) is 55.1 cm³/mol. The van der Waals surface area contributed by atoms with Crippen molar-refractivity contribution in [3.05, 3.63) is 24.5 Å². The average Bonchev–Trinajstić information content (AvgIpc) is 2.78. The van der Waals surface area contributed by atoms with Crippen LogP contribution in [0, 0.1) is 0 Å². The van der Waals surface area contributed by atoms with Crippen molar-refractivity contribution < 1.29 is 0 Å². The van der Waals surface area contributed by atoms with Crippen LogP contribution >= 0.6 is 0 Å². The molecule has 4 heteroatoms. The van der Waals surface area contributed by atoms with Crippen LogP contribution in [0.2, 0.25) is 0 Å². The first-order chi connectivity index (χ1) is 6.88. The van der Waals surface area contributed by atoms with Gasteiger partial charge in [-0.3, -0.25) is 5.10 Å². The van der Waals surface area contributed by atoms with E-state index in [4.69, 9.17) is 0 Å². The van der Waals surface area contributed by atoms with E-state index in [2.05, 4.69) is 45.0 Å². The van der Waals surface area contributed by atoms with Crippen molar-refractivity contribution in [3.63, 3.8) is 0 Å². The van der Waals surface area contributed by atoms with Crippen molar-refractivity contribution in [3.8, 4) is 0 Å². The lowest BCUT2D eigenvalue weighted by atomic mass is 10.3. The van der Waals surface area contributed by atoms with Crippen LogP contribution in [0.4, 0.5) is 0 Å². The summed E-state index contributed by atoms with van der Waals surface area (Å²) in [7, 11) is 0. The molecule has 70 valence electrons. The maximum absolute atomic E-state index is 4.54. The Morgan fingerprint density at radius 1 is 1.50 bits per heavy atom. The molecule has 3 aromatic rings. The highest BCUT2D eigenvalue weighted by Crippen LogP contribution is 2.18. The maximum Gasteiger partial charge on any atom is 0.140 e. The Bertz CT molecular complexity index is 590. The lowest BCUT2D eigenvalue weighted by Gasteiger charge is -1.98. The highest BCUT2D eigenvalue weighted by Gasteiger charge is 2.04. The van der Waals surface area contributed by atoms with E-state index in [0.29, 0.717) is 0 Å². The fraction of sp³-hybridized carbons (Fsp3) is 0.200. The molecule has 3 aromatic heterocycles. The number of aromatic nitrogens is 4. The van der Waals surface area contributed by atoms with E-state index in [-0.39, 0.29) is 0 Å². The molecule has 0 aliphatic heterocycles. The molecule has 0 fully saturated rings. The third-order valence-corrected chi connectivity index (χ3v) is 2.48. The zero-order valence-electron chi connectivity index (χ0n) is 7.86. The van der Waals surface area contributed by atoms with Gasteiger partial charge in [0.05, 0.1) is 11.7 Å². The standard InChI is InChI=1S/C10H10N4/c1-2-14-4-3-7-5-8-9(6-11-13-8)12-10(7)14/h3-6H,2H2,1H3,(H,11,13). The first kappa shape index (κ1) is 7.55. The zero-order chi connectivity index (χ0) is 9.54. The number of H-pyrrole nitrogens is 1. The van der Waals surface area contributed by atoms with Crippen LogP contribution in [0.1, 0.15) is 6.92 Å². The van der Waals surface area contributed by atoms with Gasteiger partial charge in [-0.25, -0.2) is 4.98 Å². The summed E-state index contributed by atoms with van der Waals surface area (Å²) >= 11 is 0. The number of nitrogens with zero attached hydrogens (tertiary/aromatic N) is 3. The van der Waals surface area contributed by atoms with Crippen LogP contribution < -0.4 is 0 Å². The smallest absolute Gasteiger partial charge is 0.140 e. The lowest BCUT2D eigenvalue weighted by molar-refractivity contribution is 0.789. The summed E-state index contributed by atoms with van der Waals surface area (Å²) in [5.41, 5.74) is 2.94. The van der Waals surface area contributed by atoms with E-state index >= 15 is 0 Å². The molecule has 3 heterocycles. The Balaban J connectivity index is 2.47. The molecular formula is C10H10N4. The van der Waals surface area contributed by atoms with Gasteiger partial charge in [-0.15, -0.1) is 0 Å². The van der Waals surface area contributed by atoms with Gasteiger partial charge in [0.1, 0.15) is 11.2 Å². The Labute approximate surface area is 80.6 Å².